The lowest BCUT2D eigenvalue weighted by molar-refractivity contribution is -0.119. The van der Waals surface area contributed by atoms with E-state index in [2.05, 4.69) is 5.32 Å². The maximum absolute atomic E-state index is 10.8. The van der Waals surface area contributed by atoms with Gasteiger partial charge in [-0.05, 0) is 13.0 Å². The number of hydrogen-bond acceptors (Lipinski definition) is 4. The maximum atomic E-state index is 10.8. The Kier molecular flexibility index (Phi) is 3.81. The number of primary amides is 2. The second kappa shape index (κ2) is 4.90. The standard InChI is InChI=1S/C9H13N3O2S/c1-5(8(10)13)12-3-7-2-6(4-15-7)9(11)14/h2,4-5,12H,3H2,1H3,(H2,10,13)(H2,11,14). The third kappa shape index (κ3) is 3.34. The highest BCUT2D eigenvalue weighted by Gasteiger charge is 2.09. The topological polar surface area (TPSA) is 98.2 Å². The van der Waals surface area contributed by atoms with Gasteiger partial charge in [0.1, 0.15) is 0 Å². The van der Waals surface area contributed by atoms with Crippen LogP contribution in [-0.2, 0) is 11.3 Å². The van der Waals surface area contributed by atoms with Crippen molar-refractivity contribution in [2.75, 3.05) is 0 Å². The summed E-state index contributed by atoms with van der Waals surface area (Å²) >= 11 is 1.42. The van der Waals surface area contributed by atoms with Gasteiger partial charge in [-0.3, -0.25) is 9.59 Å². The number of carbonyl (C=O) groups is 2. The van der Waals surface area contributed by atoms with Crippen LogP contribution >= 0.6 is 11.3 Å². The third-order valence-corrected chi connectivity index (χ3v) is 2.88. The van der Waals surface area contributed by atoms with Crippen molar-refractivity contribution in [2.45, 2.75) is 19.5 Å². The van der Waals surface area contributed by atoms with Crippen LogP contribution in [0.25, 0.3) is 0 Å². The first-order chi connectivity index (χ1) is 7.00. The number of nitrogens with two attached hydrogens (primary N) is 2. The first-order valence-electron chi connectivity index (χ1n) is 4.40. The van der Waals surface area contributed by atoms with E-state index >= 15 is 0 Å². The van der Waals surface area contributed by atoms with Crippen molar-refractivity contribution in [3.05, 3.63) is 21.9 Å². The Labute approximate surface area is 91.4 Å². The van der Waals surface area contributed by atoms with Gasteiger partial charge >= 0.3 is 0 Å². The number of nitrogens with one attached hydrogen (secondary N) is 1. The molecule has 0 aliphatic heterocycles. The van der Waals surface area contributed by atoms with Crippen LogP contribution in [0.15, 0.2) is 11.4 Å². The molecule has 5 nitrogen and oxygen atoms in total. The SMILES string of the molecule is CC(NCc1cc(C(N)=O)cs1)C(N)=O. The molecule has 0 aliphatic carbocycles. The molecule has 5 N–H and O–H groups in total. The Morgan fingerprint density at radius 1 is 1.53 bits per heavy atom. The van der Waals surface area contributed by atoms with Crippen LogP contribution in [0, 0.1) is 0 Å². The molecule has 1 atom stereocenters. The average Bonchev–Trinajstić information content (AvgIpc) is 2.62. The highest BCUT2D eigenvalue weighted by Crippen LogP contribution is 2.13. The molecule has 1 heterocycles. The summed E-state index contributed by atoms with van der Waals surface area (Å²) in [5.41, 5.74) is 10.7. The highest BCUT2D eigenvalue weighted by atomic mass is 32.1. The van der Waals surface area contributed by atoms with Crippen molar-refractivity contribution >= 4 is 23.2 Å². The summed E-state index contributed by atoms with van der Waals surface area (Å²) in [7, 11) is 0. The number of amides is 2. The first kappa shape index (κ1) is 11.7. The molecule has 0 aliphatic rings. The lowest BCUT2D eigenvalue weighted by atomic mass is 10.3. The zero-order valence-electron chi connectivity index (χ0n) is 8.32. The summed E-state index contributed by atoms with van der Waals surface area (Å²) in [6, 6.07) is 1.32. The van der Waals surface area contributed by atoms with Crippen LogP contribution in [0.4, 0.5) is 0 Å². The molecule has 0 aromatic carbocycles. The number of thiophene rings is 1. The highest BCUT2D eigenvalue weighted by molar-refractivity contribution is 7.10. The van der Waals surface area contributed by atoms with Crippen LogP contribution in [-0.4, -0.2) is 17.9 Å². The summed E-state index contributed by atoms with van der Waals surface area (Å²) in [5, 5.41) is 4.62. The van der Waals surface area contributed by atoms with Crippen LogP contribution in [0.2, 0.25) is 0 Å². The predicted molar refractivity (Wildman–Crippen MR) is 58.3 cm³/mol. The fourth-order valence-corrected chi connectivity index (χ4v) is 1.78. The zero-order valence-corrected chi connectivity index (χ0v) is 9.14. The largest absolute Gasteiger partial charge is 0.368 e. The number of carbonyl (C=O) groups excluding carboxylic acids is 2. The van der Waals surface area contributed by atoms with E-state index in [0.717, 1.165) is 4.88 Å². The van der Waals surface area contributed by atoms with Crippen molar-refractivity contribution in [2.24, 2.45) is 11.5 Å². The average molecular weight is 227 g/mol. The van der Waals surface area contributed by atoms with Gasteiger partial charge in [0, 0.05) is 16.8 Å². The summed E-state index contributed by atoms with van der Waals surface area (Å²) in [6.07, 6.45) is 0. The van der Waals surface area contributed by atoms with Crippen LogP contribution in [0.1, 0.15) is 22.2 Å². The maximum Gasteiger partial charge on any atom is 0.249 e. The van der Waals surface area contributed by atoms with Gasteiger partial charge in [-0.15, -0.1) is 11.3 Å². The molecule has 0 saturated heterocycles. The van der Waals surface area contributed by atoms with Gasteiger partial charge in [-0.1, -0.05) is 0 Å². The lowest BCUT2D eigenvalue weighted by Gasteiger charge is -2.07. The molecule has 0 radical (unpaired) electrons. The molecule has 15 heavy (non-hydrogen) atoms. The van der Waals surface area contributed by atoms with E-state index in [1.807, 2.05) is 0 Å². The fraction of sp³-hybridized carbons (Fsp3) is 0.333. The molecule has 0 spiro atoms. The van der Waals surface area contributed by atoms with Gasteiger partial charge in [-0.25, -0.2) is 0 Å². The Balaban J connectivity index is 2.51. The molecule has 2 amide bonds. The predicted octanol–water partition coefficient (Wildman–Crippen LogP) is -0.190. The molecule has 6 heteroatoms. The molecule has 1 unspecified atom stereocenters. The second-order valence-electron chi connectivity index (χ2n) is 3.17. The molecular weight excluding hydrogens is 214 g/mol. The van der Waals surface area contributed by atoms with Crippen molar-refractivity contribution in [1.82, 2.24) is 5.32 Å². The van der Waals surface area contributed by atoms with Crippen molar-refractivity contribution in [1.29, 1.82) is 0 Å². The molecule has 1 aromatic rings. The van der Waals surface area contributed by atoms with E-state index in [0.29, 0.717) is 12.1 Å². The van der Waals surface area contributed by atoms with E-state index in [1.165, 1.54) is 11.3 Å². The normalized spacial score (nSPS) is 12.3. The second-order valence-corrected chi connectivity index (χ2v) is 4.17. The minimum Gasteiger partial charge on any atom is -0.368 e. The van der Waals surface area contributed by atoms with E-state index in [-0.39, 0.29) is 6.04 Å². The van der Waals surface area contributed by atoms with Crippen molar-refractivity contribution in [3.8, 4) is 0 Å². The van der Waals surface area contributed by atoms with Gasteiger partial charge in [0.2, 0.25) is 11.8 Å². The number of rotatable bonds is 5. The lowest BCUT2D eigenvalue weighted by Crippen LogP contribution is -2.38. The third-order valence-electron chi connectivity index (χ3n) is 1.95. The molecule has 82 valence electrons. The van der Waals surface area contributed by atoms with E-state index in [9.17, 15) is 9.59 Å². The molecular formula is C9H13N3O2S. The smallest absolute Gasteiger partial charge is 0.249 e. The Morgan fingerprint density at radius 2 is 2.20 bits per heavy atom. The molecule has 0 fully saturated rings. The fourth-order valence-electron chi connectivity index (χ4n) is 0.957. The monoisotopic (exact) mass is 227 g/mol. The summed E-state index contributed by atoms with van der Waals surface area (Å²) in [5.74, 6) is -0.845. The van der Waals surface area contributed by atoms with Gasteiger partial charge in [0.25, 0.3) is 0 Å². The molecule has 1 rings (SSSR count). The van der Waals surface area contributed by atoms with E-state index in [1.54, 1.807) is 18.4 Å². The van der Waals surface area contributed by atoms with Crippen molar-refractivity contribution < 1.29 is 9.59 Å². The van der Waals surface area contributed by atoms with E-state index < -0.39 is 11.8 Å². The van der Waals surface area contributed by atoms with Crippen molar-refractivity contribution in [3.63, 3.8) is 0 Å². The Hall–Kier alpha value is -1.40. The Morgan fingerprint density at radius 3 is 2.67 bits per heavy atom. The van der Waals surface area contributed by atoms with Gasteiger partial charge in [0.15, 0.2) is 0 Å². The quantitative estimate of drug-likeness (QED) is 0.650. The van der Waals surface area contributed by atoms with Gasteiger partial charge < -0.3 is 16.8 Å². The summed E-state index contributed by atoms with van der Waals surface area (Å²) < 4.78 is 0. The Bertz CT molecular complexity index is 375. The van der Waals surface area contributed by atoms with Gasteiger partial charge in [-0.2, -0.15) is 0 Å². The van der Waals surface area contributed by atoms with Crippen LogP contribution in [0.5, 0.6) is 0 Å². The summed E-state index contributed by atoms with van der Waals surface area (Å²) in [6.45, 7) is 2.19. The summed E-state index contributed by atoms with van der Waals surface area (Å²) in [4.78, 5) is 22.5. The zero-order chi connectivity index (χ0) is 11.4. The molecule has 0 saturated carbocycles. The van der Waals surface area contributed by atoms with E-state index in [4.69, 9.17) is 11.5 Å². The minimum atomic E-state index is -0.444. The minimum absolute atomic E-state index is 0.385. The number of hydrogen-bond donors (Lipinski definition) is 3. The van der Waals surface area contributed by atoms with Crippen LogP contribution < -0.4 is 16.8 Å². The molecule has 0 bridgehead atoms. The van der Waals surface area contributed by atoms with Gasteiger partial charge in [0.05, 0.1) is 11.6 Å². The molecule has 1 aromatic heterocycles. The first-order valence-corrected chi connectivity index (χ1v) is 5.28. The van der Waals surface area contributed by atoms with Crippen LogP contribution in [0.3, 0.4) is 0 Å².